The number of aromatic nitrogens is 1. The second kappa shape index (κ2) is 4.85. The summed E-state index contributed by atoms with van der Waals surface area (Å²) in [5.41, 5.74) is 0.468. The molecule has 17 heavy (non-hydrogen) atoms. The topological polar surface area (TPSA) is 59.1 Å². The van der Waals surface area contributed by atoms with Crippen molar-refractivity contribution >= 4 is 31.6 Å². The van der Waals surface area contributed by atoms with Gasteiger partial charge in [-0.25, -0.2) is 13.4 Å². The predicted molar refractivity (Wildman–Crippen MR) is 69.2 cm³/mol. The van der Waals surface area contributed by atoms with Crippen LogP contribution in [0.25, 0.3) is 0 Å². The average molecular weight is 313 g/mol. The van der Waals surface area contributed by atoms with Gasteiger partial charge in [-0.3, -0.25) is 4.72 Å². The third kappa shape index (κ3) is 3.04. The Morgan fingerprint density at radius 3 is 2.47 bits per heavy atom. The molecule has 0 aliphatic carbocycles. The molecule has 1 heterocycles. The van der Waals surface area contributed by atoms with Crippen LogP contribution in [0, 0.1) is 0 Å². The van der Waals surface area contributed by atoms with Crippen LogP contribution < -0.4 is 4.72 Å². The number of hydrogen-bond donors (Lipinski definition) is 1. The highest BCUT2D eigenvalue weighted by Gasteiger charge is 2.13. The normalized spacial score (nSPS) is 11.1. The first-order chi connectivity index (χ1) is 8.08. The molecule has 6 heteroatoms. The van der Waals surface area contributed by atoms with Crippen molar-refractivity contribution in [2.75, 3.05) is 4.72 Å². The molecule has 2 rings (SSSR count). The fourth-order valence-corrected chi connectivity index (χ4v) is 2.72. The minimum absolute atomic E-state index is 0.230. The predicted octanol–water partition coefficient (Wildman–Crippen LogP) is 2.64. The van der Waals surface area contributed by atoms with Crippen LogP contribution in [-0.4, -0.2) is 13.4 Å². The zero-order valence-corrected chi connectivity index (χ0v) is 11.1. The smallest absolute Gasteiger partial charge is 0.261 e. The van der Waals surface area contributed by atoms with Crippen molar-refractivity contribution in [2.24, 2.45) is 0 Å². The fourth-order valence-electron chi connectivity index (χ4n) is 1.28. The fraction of sp³-hybridized carbons (Fsp3) is 0. The standard InChI is InChI=1S/C11H9BrN2O2S/c12-11-8-9(6-7-13-11)14-17(15,16)10-4-2-1-3-5-10/h1-8H,(H,13,14). The lowest BCUT2D eigenvalue weighted by atomic mass is 10.4. The van der Waals surface area contributed by atoms with Crippen molar-refractivity contribution in [3.05, 3.63) is 53.3 Å². The largest absolute Gasteiger partial charge is 0.279 e. The highest BCUT2D eigenvalue weighted by Crippen LogP contribution is 2.17. The zero-order valence-electron chi connectivity index (χ0n) is 8.67. The molecule has 0 amide bonds. The Morgan fingerprint density at radius 2 is 1.82 bits per heavy atom. The molecule has 0 spiro atoms. The molecule has 0 aliphatic rings. The van der Waals surface area contributed by atoms with Gasteiger partial charge in [-0.15, -0.1) is 0 Å². The van der Waals surface area contributed by atoms with Crippen molar-refractivity contribution in [1.82, 2.24) is 4.98 Å². The number of sulfonamides is 1. The van der Waals surface area contributed by atoms with Gasteiger partial charge >= 0.3 is 0 Å². The maximum atomic E-state index is 12.0. The SMILES string of the molecule is O=S(=O)(Nc1ccnc(Br)c1)c1ccccc1. The molecule has 0 saturated heterocycles. The summed E-state index contributed by atoms with van der Waals surface area (Å²) in [6.07, 6.45) is 1.52. The molecule has 0 fully saturated rings. The van der Waals surface area contributed by atoms with Crippen molar-refractivity contribution in [3.63, 3.8) is 0 Å². The Labute approximate surface area is 108 Å². The van der Waals surface area contributed by atoms with Gasteiger partial charge in [0, 0.05) is 6.20 Å². The van der Waals surface area contributed by atoms with Gasteiger partial charge in [0.2, 0.25) is 0 Å². The first-order valence-corrected chi connectivity index (χ1v) is 7.05. The number of nitrogens with zero attached hydrogens (tertiary/aromatic N) is 1. The molecule has 1 aromatic carbocycles. The summed E-state index contributed by atoms with van der Waals surface area (Å²) in [6.45, 7) is 0. The molecule has 0 saturated carbocycles. The van der Waals surface area contributed by atoms with Crippen LogP contribution in [0.4, 0.5) is 5.69 Å². The van der Waals surface area contributed by atoms with E-state index in [0.29, 0.717) is 10.3 Å². The summed E-state index contributed by atoms with van der Waals surface area (Å²) >= 11 is 3.18. The van der Waals surface area contributed by atoms with Gasteiger partial charge in [0.25, 0.3) is 10.0 Å². The van der Waals surface area contributed by atoms with Crippen LogP contribution in [0.15, 0.2) is 58.2 Å². The lowest BCUT2D eigenvalue weighted by Gasteiger charge is -2.07. The maximum Gasteiger partial charge on any atom is 0.261 e. The number of hydrogen-bond acceptors (Lipinski definition) is 3. The van der Waals surface area contributed by atoms with Crippen molar-refractivity contribution in [2.45, 2.75) is 4.90 Å². The summed E-state index contributed by atoms with van der Waals surface area (Å²) in [5.74, 6) is 0. The number of rotatable bonds is 3. The van der Waals surface area contributed by atoms with E-state index in [-0.39, 0.29) is 4.90 Å². The molecule has 0 atom stereocenters. The van der Waals surface area contributed by atoms with Crippen LogP contribution in [0.5, 0.6) is 0 Å². The second-order valence-electron chi connectivity index (χ2n) is 3.29. The quantitative estimate of drug-likeness (QED) is 0.886. The van der Waals surface area contributed by atoms with Crippen molar-refractivity contribution in [1.29, 1.82) is 0 Å². The number of benzene rings is 1. The minimum Gasteiger partial charge on any atom is -0.279 e. The van der Waals surface area contributed by atoms with E-state index < -0.39 is 10.0 Å². The Balaban J connectivity index is 2.30. The van der Waals surface area contributed by atoms with Crippen LogP contribution >= 0.6 is 15.9 Å². The molecule has 0 unspecified atom stereocenters. The summed E-state index contributed by atoms with van der Waals surface area (Å²) in [5, 5.41) is 0. The van der Waals surface area contributed by atoms with Gasteiger partial charge in [0.1, 0.15) is 4.60 Å². The summed E-state index contributed by atoms with van der Waals surface area (Å²) in [6, 6.07) is 11.4. The monoisotopic (exact) mass is 312 g/mol. The van der Waals surface area contributed by atoms with E-state index in [4.69, 9.17) is 0 Å². The number of anilines is 1. The number of halogens is 1. The first kappa shape index (κ1) is 12.1. The van der Waals surface area contributed by atoms with Crippen LogP contribution in [0.1, 0.15) is 0 Å². The second-order valence-corrected chi connectivity index (χ2v) is 5.78. The Kier molecular flexibility index (Phi) is 3.44. The van der Waals surface area contributed by atoms with E-state index in [1.165, 1.54) is 6.20 Å². The van der Waals surface area contributed by atoms with Gasteiger partial charge in [0.15, 0.2) is 0 Å². The first-order valence-electron chi connectivity index (χ1n) is 4.77. The van der Waals surface area contributed by atoms with E-state index in [1.54, 1.807) is 42.5 Å². The summed E-state index contributed by atoms with van der Waals surface area (Å²) < 4.78 is 27.0. The van der Waals surface area contributed by atoms with Crippen molar-refractivity contribution < 1.29 is 8.42 Å². The van der Waals surface area contributed by atoms with Gasteiger partial charge in [-0.1, -0.05) is 18.2 Å². The third-order valence-electron chi connectivity index (χ3n) is 2.03. The molecule has 1 N–H and O–H groups in total. The molecule has 88 valence electrons. The van der Waals surface area contributed by atoms with Gasteiger partial charge in [-0.2, -0.15) is 0 Å². The Hall–Kier alpha value is -1.40. The van der Waals surface area contributed by atoms with E-state index in [1.807, 2.05) is 0 Å². The van der Waals surface area contributed by atoms with E-state index in [2.05, 4.69) is 25.6 Å². The highest BCUT2D eigenvalue weighted by molar-refractivity contribution is 9.10. The summed E-state index contributed by atoms with van der Waals surface area (Å²) in [4.78, 5) is 4.15. The van der Waals surface area contributed by atoms with Crippen LogP contribution in [0.2, 0.25) is 0 Å². The van der Waals surface area contributed by atoms with Gasteiger partial charge < -0.3 is 0 Å². The molecule has 0 bridgehead atoms. The van der Waals surface area contributed by atoms with Gasteiger partial charge in [-0.05, 0) is 40.2 Å². The molecule has 1 aromatic heterocycles. The minimum atomic E-state index is -3.53. The van der Waals surface area contributed by atoms with Crippen molar-refractivity contribution in [3.8, 4) is 0 Å². The lowest BCUT2D eigenvalue weighted by Crippen LogP contribution is -2.12. The Bertz CT molecular complexity index is 614. The number of pyridine rings is 1. The van der Waals surface area contributed by atoms with E-state index in [0.717, 1.165) is 0 Å². The highest BCUT2D eigenvalue weighted by atomic mass is 79.9. The average Bonchev–Trinajstić information content (AvgIpc) is 2.29. The number of nitrogens with one attached hydrogen (secondary N) is 1. The maximum absolute atomic E-state index is 12.0. The zero-order chi connectivity index (χ0) is 12.3. The Morgan fingerprint density at radius 1 is 1.12 bits per heavy atom. The molecule has 4 nitrogen and oxygen atoms in total. The molecule has 0 aliphatic heterocycles. The van der Waals surface area contributed by atoms with E-state index >= 15 is 0 Å². The third-order valence-corrected chi connectivity index (χ3v) is 3.86. The van der Waals surface area contributed by atoms with Gasteiger partial charge in [0.05, 0.1) is 10.6 Å². The van der Waals surface area contributed by atoms with Crippen LogP contribution in [-0.2, 0) is 10.0 Å². The van der Waals surface area contributed by atoms with Crippen LogP contribution in [0.3, 0.4) is 0 Å². The molecule has 0 radical (unpaired) electrons. The molecule has 2 aromatic rings. The molecular weight excluding hydrogens is 304 g/mol. The molecular formula is C11H9BrN2O2S. The van der Waals surface area contributed by atoms with E-state index in [9.17, 15) is 8.42 Å². The lowest BCUT2D eigenvalue weighted by molar-refractivity contribution is 0.601. The summed E-state index contributed by atoms with van der Waals surface area (Å²) in [7, 11) is -3.53.